The number of aliphatic carboxylic acids is 1. The summed E-state index contributed by atoms with van der Waals surface area (Å²) in [7, 11) is 0. The van der Waals surface area contributed by atoms with Crippen molar-refractivity contribution in [1.82, 2.24) is 19.9 Å². The molecule has 2 N–H and O–H groups in total. The molecular weight excluding hydrogens is 276 g/mol. The molecule has 0 unspecified atom stereocenters. The van der Waals surface area contributed by atoms with Crippen molar-refractivity contribution in [3.8, 4) is 0 Å². The third kappa shape index (κ3) is 2.33. The molecule has 2 aromatic heterocycles. The lowest BCUT2D eigenvalue weighted by atomic mass is 9.90. The number of ether oxygens (including phenoxy) is 1. The maximum atomic E-state index is 12.4. The van der Waals surface area contributed by atoms with E-state index >= 15 is 0 Å². The topological polar surface area (TPSA) is 106 Å². The van der Waals surface area contributed by atoms with E-state index in [2.05, 4.69) is 15.4 Å². The first-order valence-electron chi connectivity index (χ1n) is 6.53. The third-order valence-corrected chi connectivity index (χ3v) is 3.68. The van der Waals surface area contributed by atoms with Gasteiger partial charge in [0.1, 0.15) is 5.54 Å². The Labute approximate surface area is 119 Å². The van der Waals surface area contributed by atoms with E-state index in [1.165, 1.54) is 16.9 Å². The Balaban J connectivity index is 1.89. The average molecular weight is 290 g/mol. The molecule has 0 saturated carbocycles. The molecule has 1 aliphatic heterocycles. The van der Waals surface area contributed by atoms with Gasteiger partial charge in [-0.2, -0.15) is 5.10 Å². The number of carbonyl (C=O) groups excluding carboxylic acids is 1. The highest BCUT2D eigenvalue weighted by Gasteiger charge is 2.42. The largest absolute Gasteiger partial charge is 0.480 e. The number of amides is 1. The molecule has 1 aliphatic rings. The van der Waals surface area contributed by atoms with E-state index in [-0.39, 0.29) is 12.8 Å². The summed E-state index contributed by atoms with van der Waals surface area (Å²) < 4.78 is 6.69. The van der Waals surface area contributed by atoms with Crippen LogP contribution in [0.5, 0.6) is 0 Å². The first-order valence-corrected chi connectivity index (χ1v) is 6.53. The van der Waals surface area contributed by atoms with Crippen LogP contribution in [0.3, 0.4) is 0 Å². The van der Waals surface area contributed by atoms with Crippen molar-refractivity contribution < 1.29 is 19.4 Å². The number of carboxylic acids is 1. The first kappa shape index (κ1) is 13.5. The molecule has 21 heavy (non-hydrogen) atoms. The van der Waals surface area contributed by atoms with Crippen molar-refractivity contribution in [1.29, 1.82) is 0 Å². The molecule has 0 radical (unpaired) electrons. The van der Waals surface area contributed by atoms with Crippen LogP contribution in [-0.2, 0) is 9.53 Å². The lowest BCUT2D eigenvalue weighted by molar-refractivity contribution is -0.148. The Bertz CT molecular complexity index is 690. The molecular formula is C13H14N4O4. The van der Waals surface area contributed by atoms with Crippen LogP contribution in [0.15, 0.2) is 24.8 Å². The molecule has 0 atom stereocenters. The Morgan fingerprint density at radius 1 is 1.33 bits per heavy atom. The second kappa shape index (κ2) is 5.13. The summed E-state index contributed by atoms with van der Waals surface area (Å²) in [6, 6.07) is 0. The summed E-state index contributed by atoms with van der Waals surface area (Å²) in [4.78, 5) is 27.9. The maximum absolute atomic E-state index is 12.4. The number of hydrogen-bond acceptors (Lipinski definition) is 5. The number of carbonyl (C=O) groups is 2. The molecule has 1 amide bonds. The third-order valence-electron chi connectivity index (χ3n) is 3.68. The van der Waals surface area contributed by atoms with E-state index in [0.29, 0.717) is 24.3 Å². The standard InChI is InChI=1S/C13H14N4O4/c18-11(9-7-15-17-4-3-14-8-10(9)17)16-13(12(19)20)1-5-21-6-2-13/h3-4,7-8H,1-2,5-6H2,(H,16,18)(H,19,20). The van der Waals surface area contributed by atoms with Crippen LogP contribution in [0.1, 0.15) is 23.2 Å². The molecule has 3 heterocycles. The molecule has 0 bridgehead atoms. The van der Waals surface area contributed by atoms with Crippen LogP contribution >= 0.6 is 0 Å². The fourth-order valence-corrected chi connectivity index (χ4v) is 2.41. The molecule has 2 aromatic rings. The minimum atomic E-state index is -1.29. The minimum Gasteiger partial charge on any atom is -0.480 e. The Hall–Kier alpha value is -2.48. The zero-order valence-electron chi connectivity index (χ0n) is 11.2. The number of fused-ring (bicyclic) bond motifs is 1. The molecule has 110 valence electrons. The van der Waals surface area contributed by atoms with E-state index < -0.39 is 17.4 Å². The molecule has 8 heteroatoms. The predicted molar refractivity (Wildman–Crippen MR) is 70.9 cm³/mol. The number of nitrogens with one attached hydrogen (secondary N) is 1. The Morgan fingerprint density at radius 3 is 2.81 bits per heavy atom. The van der Waals surface area contributed by atoms with Crippen LogP contribution in [-0.4, -0.2) is 50.3 Å². The van der Waals surface area contributed by atoms with Gasteiger partial charge in [0.15, 0.2) is 0 Å². The van der Waals surface area contributed by atoms with Gasteiger partial charge in [0, 0.05) is 38.4 Å². The molecule has 3 rings (SSSR count). The van der Waals surface area contributed by atoms with Gasteiger partial charge in [0.05, 0.1) is 23.5 Å². The summed E-state index contributed by atoms with van der Waals surface area (Å²) >= 11 is 0. The molecule has 1 saturated heterocycles. The van der Waals surface area contributed by atoms with Gasteiger partial charge in [-0.3, -0.25) is 9.78 Å². The monoisotopic (exact) mass is 290 g/mol. The quantitative estimate of drug-likeness (QED) is 0.830. The van der Waals surface area contributed by atoms with Crippen molar-refractivity contribution >= 4 is 17.4 Å². The summed E-state index contributed by atoms with van der Waals surface area (Å²) in [5.41, 5.74) is -0.455. The molecule has 0 aliphatic carbocycles. The Kier molecular flexibility index (Phi) is 3.30. The second-order valence-corrected chi connectivity index (χ2v) is 4.92. The van der Waals surface area contributed by atoms with Crippen molar-refractivity contribution in [2.75, 3.05) is 13.2 Å². The smallest absolute Gasteiger partial charge is 0.329 e. The van der Waals surface area contributed by atoms with Gasteiger partial charge < -0.3 is 15.2 Å². The average Bonchev–Trinajstić information content (AvgIpc) is 2.92. The van der Waals surface area contributed by atoms with Crippen molar-refractivity contribution in [3.63, 3.8) is 0 Å². The second-order valence-electron chi connectivity index (χ2n) is 4.92. The highest BCUT2D eigenvalue weighted by molar-refractivity contribution is 6.02. The zero-order valence-corrected chi connectivity index (χ0v) is 11.2. The number of rotatable bonds is 3. The van der Waals surface area contributed by atoms with Crippen LogP contribution in [0.25, 0.3) is 5.52 Å². The van der Waals surface area contributed by atoms with E-state index in [4.69, 9.17) is 4.74 Å². The van der Waals surface area contributed by atoms with Gasteiger partial charge in [-0.1, -0.05) is 0 Å². The fourth-order valence-electron chi connectivity index (χ4n) is 2.41. The summed E-state index contributed by atoms with van der Waals surface area (Å²) in [6.07, 6.45) is 6.57. The number of nitrogens with zero attached hydrogens (tertiary/aromatic N) is 3. The predicted octanol–water partition coefficient (Wildman–Crippen LogP) is 0.0929. The van der Waals surface area contributed by atoms with Crippen LogP contribution in [0.4, 0.5) is 0 Å². The van der Waals surface area contributed by atoms with Crippen molar-refractivity contribution in [3.05, 3.63) is 30.4 Å². The highest BCUT2D eigenvalue weighted by atomic mass is 16.5. The van der Waals surface area contributed by atoms with E-state index in [1.54, 1.807) is 12.4 Å². The molecule has 1 fully saturated rings. The fraction of sp³-hybridized carbons (Fsp3) is 0.385. The van der Waals surface area contributed by atoms with Crippen LogP contribution in [0, 0.1) is 0 Å². The minimum absolute atomic E-state index is 0.242. The van der Waals surface area contributed by atoms with Gasteiger partial charge in [-0.15, -0.1) is 0 Å². The van der Waals surface area contributed by atoms with Gasteiger partial charge in [-0.25, -0.2) is 9.31 Å². The van der Waals surface area contributed by atoms with Crippen LogP contribution in [0.2, 0.25) is 0 Å². The zero-order chi connectivity index (χ0) is 14.9. The Morgan fingerprint density at radius 2 is 2.10 bits per heavy atom. The summed E-state index contributed by atoms with van der Waals surface area (Å²) in [6.45, 7) is 0.617. The molecule has 8 nitrogen and oxygen atoms in total. The van der Waals surface area contributed by atoms with Gasteiger partial charge in [0.25, 0.3) is 5.91 Å². The first-order chi connectivity index (χ1) is 10.1. The summed E-state index contributed by atoms with van der Waals surface area (Å²) in [5.74, 6) is -1.52. The van der Waals surface area contributed by atoms with Gasteiger partial charge in [-0.05, 0) is 0 Å². The van der Waals surface area contributed by atoms with Gasteiger partial charge >= 0.3 is 5.97 Å². The summed E-state index contributed by atoms with van der Waals surface area (Å²) in [5, 5.41) is 16.1. The van der Waals surface area contributed by atoms with Crippen molar-refractivity contribution in [2.45, 2.75) is 18.4 Å². The van der Waals surface area contributed by atoms with Crippen LogP contribution < -0.4 is 5.32 Å². The van der Waals surface area contributed by atoms with E-state index in [1.807, 2.05) is 0 Å². The highest BCUT2D eigenvalue weighted by Crippen LogP contribution is 2.22. The van der Waals surface area contributed by atoms with Gasteiger partial charge in [0.2, 0.25) is 0 Å². The molecule has 0 spiro atoms. The number of aromatic nitrogens is 3. The number of carboxylic acid groups (broad SMARTS) is 1. The SMILES string of the molecule is O=C(NC1(C(=O)O)CCOCC1)c1cnn2ccncc12. The van der Waals surface area contributed by atoms with E-state index in [9.17, 15) is 14.7 Å². The normalized spacial score (nSPS) is 17.5. The lowest BCUT2D eigenvalue weighted by Gasteiger charge is -2.33. The lowest BCUT2D eigenvalue weighted by Crippen LogP contribution is -2.57. The molecule has 0 aromatic carbocycles. The van der Waals surface area contributed by atoms with Crippen molar-refractivity contribution in [2.24, 2.45) is 0 Å². The maximum Gasteiger partial charge on any atom is 0.329 e. The number of hydrogen-bond donors (Lipinski definition) is 2. The van der Waals surface area contributed by atoms with E-state index in [0.717, 1.165) is 0 Å².